The molecule has 4 aliphatic carbocycles. The highest BCUT2D eigenvalue weighted by Gasteiger charge is 2.33. The van der Waals surface area contributed by atoms with E-state index in [0.717, 1.165) is 147 Å². The Morgan fingerprint density at radius 2 is 0.664 bits per heavy atom. The van der Waals surface area contributed by atoms with Crippen LogP contribution in [0.2, 0.25) is 6.82 Å². The van der Waals surface area contributed by atoms with Crippen molar-refractivity contribution in [1.82, 2.24) is 4.98 Å². The Bertz CT molecular complexity index is 4280. The third kappa shape index (κ3) is 21.8. The van der Waals surface area contributed by atoms with Crippen molar-refractivity contribution in [3.8, 4) is 69.3 Å². The minimum absolute atomic E-state index is 0. The van der Waals surface area contributed by atoms with Crippen molar-refractivity contribution in [2.24, 2.45) is 0 Å². The quantitative estimate of drug-likeness (QED) is 0.0323. The van der Waals surface area contributed by atoms with Crippen molar-refractivity contribution in [1.29, 1.82) is 0 Å². The average molecular weight is 1550 g/mol. The van der Waals surface area contributed by atoms with E-state index in [1.807, 2.05) is 37.2 Å². The minimum atomic E-state index is -0.891. The van der Waals surface area contributed by atoms with Crippen LogP contribution >= 0.6 is 0 Å². The standard InChI is InChI=1S/C22H25BO5.C21H23BO6.C20H21BO6.C19H20BNO6.3CH4/c1-3-25-22(24)19-10-8-18(13-21(19)28-16-6-4-5-7-16)27-17-9-11-20-15(12-17)14-26-23(20)2;1-2-25-21(23)18-9-7-17(12-20(18)28-15-5-3-4-6-15)27-16-8-10-19-14(11-16)13-26-22(19)24;1-24-20(22)17-8-6-16(11-19(17)27-14-4-2-3-5-14)26-15-7-9-18-13(10-15)12-25-21(18)23;1-24-19(22)15-7-9-17(21-18(15)27-13-4-2-3-5-13)26-14-6-8-16-12(10-14)11-25-20(16)23;;;/h8-13,16H,3-7,14H2,1-2H3;7-12,15,24H,2-6,13H2,1H3;6-11,14,23H,2-5,12H2,1H3;6-10,13,23H,2-5,11H2,1H3;3*1H4. The molecule has 0 bridgehead atoms. The summed E-state index contributed by atoms with van der Waals surface area (Å²) < 4.78 is 89.3. The first-order valence-corrected chi connectivity index (χ1v) is 37.9. The van der Waals surface area contributed by atoms with E-state index in [1.165, 1.54) is 19.7 Å². The van der Waals surface area contributed by atoms with Crippen LogP contribution in [0.4, 0.5) is 0 Å². The molecule has 5 heterocycles. The van der Waals surface area contributed by atoms with Gasteiger partial charge in [-0.1, -0.05) is 53.4 Å². The van der Waals surface area contributed by atoms with E-state index in [4.69, 9.17) is 75.5 Å². The lowest BCUT2D eigenvalue weighted by Gasteiger charge is -2.17. The van der Waals surface area contributed by atoms with Gasteiger partial charge in [-0.2, -0.15) is 4.98 Å². The number of fused-ring (bicyclic) bond motifs is 4. The minimum Gasteiger partial charge on any atom is -0.489 e. The SMILES string of the molecule is C.C.C.CCOC(=O)c1ccc(Oc2ccc3c(c2)COB3C)cc1OC1CCCC1.CCOC(=O)c1ccc(Oc2ccc3c(c2)COB3O)cc1OC1CCCC1.COC(=O)c1ccc(Oc2ccc3c(c2)COB3O)cc1OC1CCCC1.COC(=O)c1ccc(Oc2ccc3c(c2)COB3O)nc1OC1CCCC1. The van der Waals surface area contributed by atoms with Crippen LogP contribution in [0.1, 0.15) is 203 Å². The zero-order valence-electron chi connectivity index (χ0n) is 62.4. The van der Waals surface area contributed by atoms with Crippen LogP contribution < -0.4 is 59.7 Å². The predicted octanol–water partition coefficient (Wildman–Crippen LogP) is 14.4. The summed E-state index contributed by atoms with van der Waals surface area (Å²) in [6.07, 6.45) is 17.4. The summed E-state index contributed by atoms with van der Waals surface area (Å²) in [5.74, 6) is 4.68. The van der Waals surface area contributed by atoms with Crippen molar-refractivity contribution >= 4 is 74.0 Å². The molecular formula is C85H101B4NO23. The van der Waals surface area contributed by atoms with E-state index < -0.39 is 39.3 Å². The van der Waals surface area contributed by atoms with E-state index in [-0.39, 0.29) is 71.0 Å². The van der Waals surface area contributed by atoms with E-state index >= 15 is 0 Å². The number of rotatable bonds is 22. The zero-order valence-corrected chi connectivity index (χ0v) is 62.4. The first kappa shape index (κ1) is 85.4. The fourth-order valence-corrected chi connectivity index (χ4v) is 14.4. The summed E-state index contributed by atoms with van der Waals surface area (Å²) in [5, 5.41) is 29.2. The number of carbonyl (C=O) groups excluding carboxylic acids is 4. The van der Waals surface area contributed by atoms with E-state index in [0.29, 0.717) is 114 Å². The monoisotopic (exact) mass is 1550 g/mol. The number of aromatic nitrogens is 1. The lowest BCUT2D eigenvalue weighted by atomic mass is 9.64. The van der Waals surface area contributed by atoms with Gasteiger partial charge in [-0.25, -0.2) is 19.2 Å². The van der Waals surface area contributed by atoms with Crippen molar-refractivity contribution in [2.45, 2.75) is 197 Å². The molecule has 4 aliphatic heterocycles. The van der Waals surface area contributed by atoms with E-state index in [1.54, 1.807) is 123 Å². The van der Waals surface area contributed by atoms with Crippen LogP contribution in [0.5, 0.6) is 69.3 Å². The number of nitrogens with zero attached hydrogens (tertiary/aromatic N) is 1. The van der Waals surface area contributed by atoms with Crippen LogP contribution in [-0.4, -0.2) is 124 Å². The molecule has 28 heteroatoms. The van der Waals surface area contributed by atoms with Crippen LogP contribution in [-0.2, 0) is 64.0 Å². The van der Waals surface area contributed by atoms with Crippen LogP contribution in [0.15, 0.2) is 140 Å². The molecule has 8 aromatic rings. The van der Waals surface area contributed by atoms with Crippen LogP contribution in [0, 0.1) is 0 Å². The molecule has 0 spiro atoms. The summed E-state index contributed by atoms with van der Waals surface area (Å²) in [6, 6.07) is 40.9. The van der Waals surface area contributed by atoms with Gasteiger partial charge in [0.05, 0.1) is 72.2 Å². The third-order valence-electron chi connectivity index (χ3n) is 20.2. The third-order valence-corrected chi connectivity index (χ3v) is 20.2. The predicted molar refractivity (Wildman–Crippen MR) is 429 cm³/mol. The number of hydrogen-bond donors (Lipinski definition) is 3. The van der Waals surface area contributed by atoms with Gasteiger partial charge in [0.25, 0.3) is 0 Å². The topological polar surface area (TPSA) is 290 Å². The lowest BCUT2D eigenvalue weighted by molar-refractivity contribution is 0.0508. The van der Waals surface area contributed by atoms with Gasteiger partial charge in [-0.05, 0) is 252 Å². The molecular weight excluding hydrogens is 1450 g/mol. The van der Waals surface area contributed by atoms with Gasteiger partial charge in [0.15, 0.2) is 0 Å². The highest BCUT2D eigenvalue weighted by Crippen LogP contribution is 2.38. The maximum absolute atomic E-state index is 12.3. The molecule has 0 saturated heterocycles. The lowest BCUT2D eigenvalue weighted by Crippen LogP contribution is -2.27. The maximum Gasteiger partial charge on any atom is 0.491 e. The molecule has 7 aromatic carbocycles. The van der Waals surface area contributed by atoms with Crippen molar-refractivity contribution in [3.05, 3.63) is 184 Å². The second-order valence-electron chi connectivity index (χ2n) is 27.8. The van der Waals surface area contributed by atoms with Gasteiger partial charge in [-0.3, -0.25) is 0 Å². The number of carbonyl (C=O) groups is 4. The molecule has 0 atom stereocenters. The second-order valence-corrected chi connectivity index (χ2v) is 27.8. The number of hydrogen-bond acceptors (Lipinski definition) is 24. The van der Waals surface area contributed by atoms with Crippen molar-refractivity contribution < 1.29 is 110 Å². The van der Waals surface area contributed by atoms with E-state index in [9.17, 15) is 34.3 Å². The Hall–Kier alpha value is -10.1. The maximum atomic E-state index is 12.3. The van der Waals surface area contributed by atoms with Gasteiger partial charge in [-0.15, -0.1) is 0 Å². The normalized spacial score (nSPS) is 15.8. The molecule has 0 amide bonds. The first-order chi connectivity index (χ1) is 53.5. The summed E-state index contributed by atoms with van der Waals surface area (Å²) in [6.45, 7) is 8.03. The molecule has 4 saturated carbocycles. The summed E-state index contributed by atoms with van der Waals surface area (Å²) in [7, 11) is 0.0392. The number of esters is 4. The molecule has 16 rings (SSSR count). The average Bonchev–Trinajstić information content (AvgIpc) is 1.81. The molecule has 0 radical (unpaired) electrons. The van der Waals surface area contributed by atoms with Crippen LogP contribution in [0.3, 0.4) is 0 Å². The molecule has 1 aromatic heterocycles. The second kappa shape index (κ2) is 40.6. The molecule has 4 fully saturated rings. The zero-order chi connectivity index (χ0) is 76.6. The largest absolute Gasteiger partial charge is 0.491 e. The molecule has 113 heavy (non-hydrogen) atoms. The smallest absolute Gasteiger partial charge is 0.489 e. The molecule has 596 valence electrons. The summed E-state index contributed by atoms with van der Waals surface area (Å²) >= 11 is 0. The summed E-state index contributed by atoms with van der Waals surface area (Å²) in [4.78, 5) is 53.1. The highest BCUT2D eigenvalue weighted by molar-refractivity contribution is 6.67. The Morgan fingerprint density at radius 1 is 0.372 bits per heavy atom. The van der Waals surface area contributed by atoms with Gasteiger partial charge in [0, 0.05) is 24.3 Å². The fourth-order valence-electron chi connectivity index (χ4n) is 14.4. The Labute approximate surface area is 662 Å². The van der Waals surface area contributed by atoms with Gasteiger partial charge in [0.1, 0.15) is 85.9 Å². The molecule has 3 N–H and O–H groups in total. The molecule has 0 unspecified atom stereocenters. The number of ether oxygens (including phenoxy) is 12. The first-order valence-electron chi connectivity index (χ1n) is 37.9. The fraction of sp³-hybridized carbons (Fsp3) is 0.400. The van der Waals surface area contributed by atoms with E-state index in [2.05, 4.69) is 4.98 Å². The molecule has 8 aliphatic rings. The number of benzene rings is 7. The Morgan fingerprint density at radius 3 is 1.03 bits per heavy atom. The van der Waals surface area contributed by atoms with Gasteiger partial charge < -0.3 is 90.5 Å². The number of pyridine rings is 1. The Kier molecular flexibility index (Phi) is 30.7. The van der Waals surface area contributed by atoms with Gasteiger partial charge in [0.2, 0.25) is 11.8 Å². The van der Waals surface area contributed by atoms with Crippen molar-refractivity contribution in [3.63, 3.8) is 0 Å². The van der Waals surface area contributed by atoms with Gasteiger partial charge >= 0.3 is 52.1 Å². The molecule has 24 nitrogen and oxygen atoms in total. The van der Waals surface area contributed by atoms with Crippen LogP contribution in [0.25, 0.3) is 0 Å². The highest BCUT2D eigenvalue weighted by atomic mass is 16.6. The van der Waals surface area contributed by atoms with Crippen molar-refractivity contribution in [2.75, 3.05) is 27.4 Å². The summed E-state index contributed by atoms with van der Waals surface area (Å²) in [5.41, 5.74) is 8.79. The Balaban J connectivity index is 0.000000158. The number of methoxy groups -OCH3 is 2.